The van der Waals surface area contributed by atoms with Gasteiger partial charge in [-0.05, 0) is 6.07 Å². The third kappa shape index (κ3) is 1.21. The van der Waals surface area contributed by atoms with Crippen LogP contribution in [0.3, 0.4) is 0 Å². The quantitative estimate of drug-likeness (QED) is 0.395. The highest BCUT2D eigenvalue weighted by molar-refractivity contribution is 6.32. The molecule has 4 heteroatoms. The first-order valence-corrected chi connectivity index (χ1v) is 2.60. The summed E-state index contributed by atoms with van der Waals surface area (Å²) in [6, 6.07) is 1.05. The summed E-state index contributed by atoms with van der Waals surface area (Å²) in [7, 11) is 5.16. The average Bonchev–Trinajstić information content (AvgIpc) is 1.88. The zero-order valence-electron chi connectivity index (χ0n) is 5.04. The Hall–Kier alpha value is -1.19. The maximum absolute atomic E-state index is 12.5. The van der Waals surface area contributed by atoms with E-state index in [-0.39, 0.29) is 11.2 Å². The number of halogens is 1. The second-order valence-corrected chi connectivity index (χ2v) is 1.75. The van der Waals surface area contributed by atoms with Crippen molar-refractivity contribution in [1.29, 1.82) is 0 Å². The predicted octanol–water partition coefficient (Wildman–Crippen LogP) is -0.173. The lowest BCUT2D eigenvalue weighted by atomic mass is 9.98. The van der Waals surface area contributed by atoms with E-state index in [1.807, 2.05) is 0 Å². The summed E-state index contributed by atoms with van der Waals surface area (Å²) >= 11 is 0. The van der Waals surface area contributed by atoms with E-state index in [0.29, 0.717) is 6.29 Å². The molecule has 0 aliphatic carbocycles. The van der Waals surface area contributed by atoms with Crippen molar-refractivity contribution in [2.45, 2.75) is 0 Å². The maximum Gasteiger partial charge on any atom is 0.171 e. The van der Waals surface area contributed by atoms with Gasteiger partial charge in [-0.25, -0.2) is 4.39 Å². The first-order chi connectivity index (χ1) is 4.74. The number of aldehydes is 1. The lowest BCUT2D eigenvalue weighted by Gasteiger charge is -1.93. The Labute approximate surface area is 58.5 Å². The molecule has 2 radical (unpaired) electrons. The molecule has 1 aromatic heterocycles. The molecule has 0 bridgehead atoms. The minimum Gasteiger partial charge on any atom is -0.296 e. The van der Waals surface area contributed by atoms with Crippen LogP contribution in [-0.4, -0.2) is 19.1 Å². The topological polar surface area (TPSA) is 30.0 Å². The second kappa shape index (κ2) is 2.60. The van der Waals surface area contributed by atoms with Crippen molar-refractivity contribution in [3.05, 3.63) is 23.8 Å². The number of hydrogen-bond donors (Lipinski definition) is 0. The zero-order chi connectivity index (χ0) is 7.56. The molecule has 2 nitrogen and oxygen atoms in total. The number of carbonyl (C=O) groups is 1. The van der Waals surface area contributed by atoms with Crippen LogP contribution in [-0.2, 0) is 0 Å². The van der Waals surface area contributed by atoms with Crippen LogP contribution in [0.15, 0.2) is 12.3 Å². The van der Waals surface area contributed by atoms with Crippen molar-refractivity contribution in [3.63, 3.8) is 0 Å². The minimum absolute atomic E-state index is 0.211. The highest BCUT2D eigenvalue weighted by Crippen LogP contribution is 1.95. The van der Waals surface area contributed by atoms with Crippen molar-refractivity contribution >= 4 is 19.6 Å². The minimum atomic E-state index is -0.685. The molecule has 0 aliphatic rings. The van der Waals surface area contributed by atoms with Gasteiger partial charge in [-0.3, -0.25) is 9.78 Å². The van der Waals surface area contributed by atoms with E-state index in [1.165, 1.54) is 6.20 Å². The van der Waals surface area contributed by atoms with E-state index < -0.39 is 5.82 Å². The molecule has 0 aliphatic heterocycles. The van der Waals surface area contributed by atoms with Crippen LogP contribution in [0.4, 0.5) is 4.39 Å². The summed E-state index contributed by atoms with van der Waals surface area (Å²) in [6.07, 6.45) is 1.57. The van der Waals surface area contributed by atoms with Crippen LogP contribution in [0.2, 0.25) is 0 Å². The zero-order valence-corrected chi connectivity index (χ0v) is 5.04. The van der Waals surface area contributed by atoms with E-state index in [9.17, 15) is 9.18 Å². The number of aromatic nitrogens is 1. The Bertz CT molecular complexity index is 264. The van der Waals surface area contributed by atoms with Crippen molar-refractivity contribution in [2.75, 3.05) is 0 Å². The number of rotatable bonds is 1. The molecule has 0 N–H and O–H groups in total. The Morgan fingerprint density at radius 2 is 2.40 bits per heavy atom. The Morgan fingerprint density at radius 3 is 2.90 bits per heavy atom. The van der Waals surface area contributed by atoms with E-state index in [1.54, 1.807) is 0 Å². The van der Waals surface area contributed by atoms with E-state index in [2.05, 4.69) is 4.98 Å². The Balaban J connectivity index is 3.19. The van der Waals surface area contributed by atoms with Crippen LogP contribution in [0.25, 0.3) is 0 Å². The lowest BCUT2D eigenvalue weighted by Crippen LogP contribution is -2.06. The molecule has 48 valence electrons. The fraction of sp³-hybridized carbons (Fsp3) is 0. The summed E-state index contributed by atoms with van der Waals surface area (Å²) in [6.45, 7) is 0. The van der Waals surface area contributed by atoms with Crippen LogP contribution in [0.1, 0.15) is 10.5 Å². The predicted molar refractivity (Wildman–Crippen MR) is 35.0 cm³/mol. The molecule has 0 amide bonds. The highest BCUT2D eigenvalue weighted by atomic mass is 19.1. The van der Waals surface area contributed by atoms with Crippen molar-refractivity contribution < 1.29 is 9.18 Å². The largest absolute Gasteiger partial charge is 0.296 e. The smallest absolute Gasteiger partial charge is 0.171 e. The molecule has 1 aromatic rings. The molecule has 1 heterocycles. The molecule has 0 saturated heterocycles. The number of hydrogen-bond acceptors (Lipinski definition) is 2. The van der Waals surface area contributed by atoms with Crippen LogP contribution >= 0.6 is 0 Å². The van der Waals surface area contributed by atoms with Crippen molar-refractivity contribution in [3.8, 4) is 0 Å². The average molecular weight is 135 g/mol. The summed E-state index contributed by atoms with van der Waals surface area (Å²) in [5, 5.41) is 0. The molecule has 0 aromatic carbocycles. The molecule has 0 saturated carbocycles. The molecule has 0 unspecified atom stereocenters. The van der Waals surface area contributed by atoms with E-state index >= 15 is 0 Å². The van der Waals surface area contributed by atoms with Gasteiger partial charge in [-0.1, -0.05) is 5.46 Å². The standard InChI is InChI=1S/C6H3BFNO/c7-4-1-5(8)6(3-10)9-2-4/h1-3H. The normalized spacial score (nSPS) is 9.30. The fourth-order valence-electron chi connectivity index (χ4n) is 0.550. The summed E-state index contributed by atoms with van der Waals surface area (Å²) in [5.41, 5.74) is -0.00250. The molecule has 0 atom stereocenters. The third-order valence-corrected chi connectivity index (χ3v) is 1.00. The van der Waals surface area contributed by atoms with Gasteiger partial charge in [0.2, 0.25) is 0 Å². The lowest BCUT2D eigenvalue weighted by molar-refractivity contribution is 0.111. The third-order valence-electron chi connectivity index (χ3n) is 1.00. The van der Waals surface area contributed by atoms with Crippen molar-refractivity contribution in [2.24, 2.45) is 0 Å². The number of nitrogens with zero attached hydrogens (tertiary/aromatic N) is 1. The van der Waals surface area contributed by atoms with Gasteiger partial charge in [-0.2, -0.15) is 0 Å². The summed E-state index contributed by atoms with van der Waals surface area (Å²) < 4.78 is 12.5. The molecular weight excluding hydrogens is 132 g/mol. The molecular formula is C6H3BFNO. The van der Waals surface area contributed by atoms with E-state index in [4.69, 9.17) is 7.85 Å². The summed E-state index contributed by atoms with van der Waals surface area (Å²) in [4.78, 5) is 13.4. The number of pyridine rings is 1. The van der Waals surface area contributed by atoms with Gasteiger partial charge in [0.1, 0.15) is 13.5 Å². The van der Waals surface area contributed by atoms with Gasteiger partial charge in [0.15, 0.2) is 12.1 Å². The summed E-state index contributed by atoms with van der Waals surface area (Å²) in [5.74, 6) is -0.685. The monoisotopic (exact) mass is 135 g/mol. The second-order valence-electron chi connectivity index (χ2n) is 1.75. The molecule has 1 rings (SSSR count). The first-order valence-electron chi connectivity index (χ1n) is 2.60. The van der Waals surface area contributed by atoms with Gasteiger partial charge in [0, 0.05) is 6.20 Å². The fourth-order valence-corrected chi connectivity index (χ4v) is 0.550. The van der Waals surface area contributed by atoms with Gasteiger partial charge in [0.25, 0.3) is 0 Å². The van der Waals surface area contributed by atoms with E-state index in [0.717, 1.165) is 6.07 Å². The Kier molecular flexibility index (Phi) is 1.80. The number of carbonyl (C=O) groups excluding carboxylic acids is 1. The maximum atomic E-state index is 12.5. The molecule has 0 fully saturated rings. The van der Waals surface area contributed by atoms with Gasteiger partial charge in [0.05, 0.1) is 0 Å². The van der Waals surface area contributed by atoms with Gasteiger partial charge < -0.3 is 0 Å². The van der Waals surface area contributed by atoms with Gasteiger partial charge in [-0.15, -0.1) is 0 Å². The van der Waals surface area contributed by atoms with Gasteiger partial charge >= 0.3 is 0 Å². The first kappa shape index (κ1) is 6.93. The van der Waals surface area contributed by atoms with Crippen LogP contribution in [0, 0.1) is 5.82 Å². The molecule has 10 heavy (non-hydrogen) atoms. The van der Waals surface area contributed by atoms with Crippen LogP contribution < -0.4 is 5.46 Å². The SMILES string of the molecule is [B]c1cnc(C=O)c(F)c1. The van der Waals surface area contributed by atoms with Crippen LogP contribution in [0.5, 0.6) is 0 Å². The highest BCUT2D eigenvalue weighted by Gasteiger charge is 1.99. The Morgan fingerprint density at radius 1 is 1.70 bits per heavy atom. The molecule has 0 spiro atoms. The van der Waals surface area contributed by atoms with Crippen molar-refractivity contribution in [1.82, 2.24) is 4.98 Å².